The maximum absolute atomic E-state index is 5.29. The first-order valence-corrected chi connectivity index (χ1v) is 16.9. The van der Waals surface area contributed by atoms with E-state index in [9.17, 15) is 0 Å². The SMILES string of the molecule is c1ccc2cc(-c3cc(-c4ccc(-c5c6ccccc6nc6c5ccc5cccnc56)cc4)nc(-c4ccc5ccccc5c4)c3)ccc2c1. The van der Waals surface area contributed by atoms with Crippen LogP contribution in [0.1, 0.15) is 0 Å². The van der Waals surface area contributed by atoms with Crippen molar-refractivity contribution in [3.63, 3.8) is 0 Å². The van der Waals surface area contributed by atoms with Crippen LogP contribution >= 0.6 is 0 Å². The molecule has 0 bridgehead atoms. The molecule has 0 fully saturated rings. The summed E-state index contributed by atoms with van der Waals surface area (Å²) in [5, 5.41) is 8.18. The van der Waals surface area contributed by atoms with Crippen LogP contribution in [0.2, 0.25) is 0 Å². The molecule has 0 atom stereocenters. The Hall–Kier alpha value is -6.71. The maximum Gasteiger partial charge on any atom is 0.0978 e. The quantitative estimate of drug-likeness (QED) is 0.143. The number of hydrogen-bond acceptors (Lipinski definition) is 3. The van der Waals surface area contributed by atoms with E-state index in [1.807, 2.05) is 18.3 Å². The summed E-state index contributed by atoms with van der Waals surface area (Å²) >= 11 is 0. The smallest absolute Gasteiger partial charge is 0.0978 e. The van der Waals surface area contributed by atoms with Gasteiger partial charge >= 0.3 is 0 Å². The second-order valence-corrected chi connectivity index (χ2v) is 12.9. The minimum Gasteiger partial charge on any atom is -0.254 e. The van der Waals surface area contributed by atoms with Gasteiger partial charge in [0, 0.05) is 39.0 Å². The minimum atomic E-state index is 0.921. The first-order chi connectivity index (χ1) is 24.7. The summed E-state index contributed by atoms with van der Waals surface area (Å²) in [7, 11) is 0. The van der Waals surface area contributed by atoms with E-state index >= 15 is 0 Å². The van der Waals surface area contributed by atoms with Crippen LogP contribution in [-0.4, -0.2) is 15.0 Å². The van der Waals surface area contributed by atoms with Crippen LogP contribution in [0.15, 0.2) is 176 Å². The molecule has 0 amide bonds. The fourth-order valence-corrected chi connectivity index (χ4v) is 7.32. The number of pyridine rings is 3. The summed E-state index contributed by atoms with van der Waals surface area (Å²) in [5.74, 6) is 0. The van der Waals surface area contributed by atoms with Crippen molar-refractivity contribution in [1.29, 1.82) is 0 Å². The first kappa shape index (κ1) is 28.3. The lowest BCUT2D eigenvalue weighted by molar-refractivity contribution is 1.32. The molecule has 0 radical (unpaired) electrons. The number of hydrogen-bond donors (Lipinski definition) is 0. The largest absolute Gasteiger partial charge is 0.254 e. The highest BCUT2D eigenvalue weighted by atomic mass is 14.7. The Morgan fingerprint density at radius 3 is 1.68 bits per heavy atom. The van der Waals surface area contributed by atoms with E-state index in [2.05, 4.69) is 158 Å². The van der Waals surface area contributed by atoms with Crippen molar-refractivity contribution in [2.45, 2.75) is 0 Å². The minimum absolute atomic E-state index is 0.921. The number of aromatic nitrogens is 3. The number of benzene rings is 7. The van der Waals surface area contributed by atoms with Gasteiger partial charge in [-0.1, -0.05) is 133 Å². The lowest BCUT2D eigenvalue weighted by Crippen LogP contribution is -1.93. The molecular formula is C47H29N3. The predicted molar refractivity (Wildman–Crippen MR) is 209 cm³/mol. The van der Waals surface area contributed by atoms with Gasteiger partial charge in [-0.3, -0.25) is 4.98 Å². The van der Waals surface area contributed by atoms with Crippen molar-refractivity contribution in [2.75, 3.05) is 0 Å². The summed E-state index contributed by atoms with van der Waals surface area (Å²) in [4.78, 5) is 15.1. The van der Waals surface area contributed by atoms with E-state index in [0.717, 1.165) is 66.4 Å². The van der Waals surface area contributed by atoms with Crippen molar-refractivity contribution in [1.82, 2.24) is 15.0 Å². The Morgan fingerprint density at radius 2 is 0.900 bits per heavy atom. The van der Waals surface area contributed by atoms with Gasteiger partial charge in [-0.05, 0) is 74.6 Å². The molecule has 0 aliphatic rings. The van der Waals surface area contributed by atoms with Crippen LogP contribution in [0.4, 0.5) is 0 Å². The average molecular weight is 636 g/mol. The van der Waals surface area contributed by atoms with Crippen LogP contribution in [0, 0.1) is 0 Å². The van der Waals surface area contributed by atoms with Gasteiger partial charge in [0.1, 0.15) is 0 Å². The third-order valence-corrected chi connectivity index (χ3v) is 9.85. The lowest BCUT2D eigenvalue weighted by atomic mass is 9.93. The summed E-state index contributed by atoms with van der Waals surface area (Å²) in [5.41, 5.74) is 11.5. The van der Waals surface area contributed by atoms with Gasteiger partial charge in [0.25, 0.3) is 0 Å². The van der Waals surface area contributed by atoms with Gasteiger partial charge in [-0.25, -0.2) is 9.97 Å². The van der Waals surface area contributed by atoms with E-state index in [0.29, 0.717) is 0 Å². The van der Waals surface area contributed by atoms with Crippen LogP contribution in [-0.2, 0) is 0 Å². The average Bonchev–Trinajstić information content (AvgIpc) is 3.19. The number of rotatable bonds is 4. The summed E-state index contributed by atoms with van der Waals surface area (Å²) in [6.45, 7) is 0. The molecule has 0 unspecified atom stereocenters. The second-order valence-electron chi connectivity index (χ2n) is 12.9. The topological polar surface area (TPSA) is 38.7 Å². The molecule has 0 N–H and O–H groups in total. The zero-order chi connectivity index (χ0) is 33.0. The van der Waals surface area contributed by atoms with Crippen molar-refractivity contribution >= 4 is 54.3 Å². The summed E-state index contributed by atoms with van der Waals surface area (Å²) < 4.78 is 0. The molecule has 0 spiro atoms. The summed E-state index contributed by atoms with van der Waals surface area (Å²) in [6.07, 6.45) is 1.85. The molecule has 0 aliphatic heterocycles. The zero-order valence-corrected chi connectivity index (χ0v) is 27.1. The van der Waals surface area contributed by atoms with Crippen molar-refractivity contribution in [3.05, 3.63) is 176 Å². The first-order valence-electron chi connectivity index (χ1n) is 16.9. The lowest BCUT2D eigenvalue weighted by Gasteiger charge is -2.14. The Labute approximate surface area is 289 Å². The molecule has 3 aromatic heterocycles. The Bertz CT molecular complexity index is 2830. The standard InChI is InChI=1S/C47H29N3/c1-3-10-35-26-37(21-15-30(35)8-1)39-28-43(49-44(29-39)38-22-16-31-9-2-4-11-36(31)27-38)32-17-19-33(20-18-32)45-40-13-5-6-14-42(40)50-47-41(45)24-23-34-12-7-25-48-46(34)47/h1-29H. The maximum atomic E-state index is 5.29. The van der Waals surface area contributed by atoms with Crippen LogP contribution < -0.4 is 0 Å². The molecule has 0 aliphatic carbocycles. The number of nitrogens with zero attached hydrogens (tertiary/aromatic N) is 3. The van der Waals surface area contributed by atoms with Crippen molar-refractivity contribution in [2.24, 2.45) is 0 Å². The third-order valence-electron chi connectivity index (χ3n) is 9.85. The van der Waals surface area contributed by atoms with E-state index < -0.39 is 0 Å². The number of fused-ring (bicyclic) bond motifs is 6. The van der Waals surface area contributed by atoms with Crippen LogP contribution in [0.5, 0.6) is 0 Å². The highest BCUT2D eigenvalue weighted by molar-refractivity contribution is 6.16. The molecule has 3 heteroatoms. The Morgan fingerprint density at radius 1 is 0.320 bits per heavy atom. The van der Waals surface area contributed by atoms with Crippen LogP contribution in [0.25, 0.3) is 99.0 Å². The molecule has 10 aromatic rings. The predicted octanol–water partition coefficient (Wildman–Crippen LogP) is 12.3. The second kappa shape index (κ2) is 11.5. The third kappa shape index (κ3) is 4.79. The monoisotopic (exact) mass is 635 g/mol. The molecule has 0 saturated carbocycles. The normalized spacial score (nSPS) is 11.6. The van der Waals surface area contributed by atoms with Gasteiger partial charge in [-0.15, -0.1) is 0 Å². The molecular weight excluding hydrogens is 607 g/mol. The molecule has 3 heterocycles. The molecule has 3 nitrogen and oxygen atoms in total. The van der Waals surface area contributed by atoms with Crippen LogP contribution in [0.3, 0.4) is 0 Å². The highest BCUT2D eigenvalue weighted by Gasteiger charge is 2.15. The van der Waals surface area contributed by atoms with Crippen molar-refractivity contribution < 1.29 is 0 Å². The fraction of sp³-hybridized carbons (Fsp3) is 0. The van der Waals surface area contributed by atoms with Gasteiger partial charge < -0.3 is 0 Å². The molecule has 50 heavy (non-hydrogen) atoms. The van der Waals surface area contributed by atoms with Gasteiger partial charge in [0.2, 0.25) is 0 Å². The van der Waals surface area contributed by atoms with E-state index in [4.69, 9.17) is 15.0 Å². The molecule has 7 aromatic carbocycles. The Balaban J connectivity index is 1.14. The van der Waals surface area contributed by atoms with E-state index in [1.54, 1.807) is 0 Å². The fourth-order valence-electron chi connectivity index (χ4n) is 7.32. The van der Waals surface area contributed by atoms with Crippen molar-refractivity contribution in [3.8, 4) is 44.8 Å². The number of para-hydroxylation sites is 1. The summed E-state index contributed by atoms with van der Waals surface area (Å²) in [6, 6.07) is 60.4. The molecule has 232 valence electrons. The van der Waals surface area contributed by atoms with E-state index in [1.165, 1.54) is 32.7 Å². The van der Waals surface area contributed by atoms with Gasteiger partial charge in [0.05, 0.1) is 27.9 Å². The van der Waals surface area contributed by atoms with Gasteiger partial charge in [0.15, 0.2) is 0 Å². The highest BCUT2D eigenvalue weighted by Crippen LogP contribution is 2.39. The molecule has 10 rings (SSSR count). The zero-order valence-electron chi connectivity index (χ0n) is 27.1. The molecule has 0 saturated heterocycles. The van der Waals surface area contributed by atoms with E-state index in [-0.39, 0.29) is 0 Å². The Kier molecular flexibility index (Phi) is 6.49. The van der Waals surface area contributed by atoms with Gasteiger partial charge in [-0.2, -0.15) is 0 Å².